The van der Waals surface area contributed by atoms with Gasteiger partial charge >= 0.3 is 0 Å². The summed E-state index contributed by atoms with van der Waals surface area (Å²) in [5.41, 5.74) is 1.41. The van der Waals surface area contributed by atoms with E-state index in [9.17, 15) is 0 Å². The Balaban J connectivity index is 0.000000796. The smallest absolute Gasteiger partial charge is 0.0924 e. The van der Waals surface area contributed by atoms with E-state index >= 15 is 0 Å². The summed E-state index contributed by atoms with van der Waals surface area (Å²) in [6, 6.07) is 10.6. The van der Waals surface area contributed by atoms with Crippen molar-refractivity contribution in [3.05, 3.63) is 35.9 Å². The van der Waals surface area contributed by atoms with Crippen molar-refractivity contribution < 1.29 is 4.74 Å². The molecule has 0 saturated carbocycles. The molecule has 0 spiro atoms. The van der Waals surface area contributed by atoms with Crippen LogP contribution in [0.4, 0.5) is 0 Å². The van der Waals surface area contributed by atoms with E-state index in [2.05, 4.69) is 62.6 Å². The van der Waals surface area contributed by atoms with E-state index in [-0.39, 0.29) is 0 Å². The highest BCUT2D eigenvalue weighted by molar-refractivity contribution is 6.04. The lowest BCUT2D eigenvalue weighted by molar-refractivity contribution is 0.0706. The lowest BCUT2D eigenvalue weighted by Crippen LogP contribution is -2.26. The van der Waals surface area contributed by atoms with Gasteiger partial charge in [-0.1, -0.05) is 64.4 Å². The first-order valence-corrected chi connectivity index (χ1v) is 8.75. The standard InChI is InChI=1S/C13H23NOSi.C4H10/c1-2-3-11-15-12-14(16)10-9-13-7-5-4-6-8-13;1-4(2)3/h4-8H,2-3,9-12H2,1,16H3;4H,1-3H3. The average Bonchev–Trinajstić information content (AvgIpc) is 2.42. The van der Waals surface area contributed by atoms with Gasteiger partial charge in [0.15, 0.2) is 0 Å². The molecule has 1 aromatic rings. The summed E-state index contributed by atoms with van der Waals surface area (Å²) in [6.45, 7) is 11.5. The van der Waals surface area contributed by atoms with Gasteiger partial charge in [-0.15, -0.1) is 0 Å². The monoisotopic (exact) mass is 295 g/mol. The Morgan fingerprint density at radius 2 is 1.75 bits per heavy atom. The highest BCUT2D eigenvalue weighted by Gasteiger charge is 1.98. The summed E-state index contributed by atoms with van der Waals surface area (Å²) in [5, 5.41) is 0. The Hall–Kier alpha value is -0.643. The molecule has 3 heteroatoms. The fourth-order valence-corrected chi connectivity index (χ4v) is 1.90. The Morgan fingerprint density at radius 3 is 2.30 bits per heavy atom. The second kappa shape index (κ2) is 13.3. The first-order chi connectivity index (χ1) is 9.56. The zero-order valence-corrected chi connectivity index (χ0v) is 16.1. The molecule has 0 bridgehead atoms. The molecule has 1 aromatic carbocycles. The molecule has 2 nitrogen and oxygen atoms in total. The van der Waals surface area contributed by atoms with Crippen LogP contribution in [0.5, 0.6) is 0 Å². The van der Waals surface area contributed by atoms with Gasteiger partial charge in [-0.25, -0.2) is 0 Å². The molecule has 116 valence electrons. The van der Waals surface area contributed by atoms with Crippen LogP contribution in [0.15, 0.2) is 30.3 Å². The van der Waals surface area contributed by atoms with Crippen molar-refractivity contribution in [2.75, 3.05) is 19.9 Å². The molecule has 0 aromatic heterocycles. The molecule has 0 amide bonds. The number of benzene rings is 1. The van der Waals surface area contributed by atoms with Gasteiger partial charge in [-0.2, -0.15) is 0 Å². The van der Waals surface area contributed by atoms with Crippen LogP contribution in [-0.4, -0.2) is 34.9 Å². The molecule has 1 rings (SSSR count). The minimum absolute atomic E-state index is 0.805. The number of hydrogen-bond donors (Lipinski definition) is 0. The number of rotatable bonds is 8. The van der Waals surface area contributed by atoms with E-state index in [0.717, 1.165) is 42.6 Å². The van der Waals surface area contributed by atoms with Crippen LogP contribution in [0, 0.1) is 5.92 Å². The van der Waals surface area contributed by atoms with Crippen LogP contribution in [0.1, 0.15) is 46.1 Å². The Morgan fingerprint density at radius 1 is 1.15 bits per heavy atom. The lowest BCUT2D eigenvalue weighted by atomic mass is 10.1. The van der Waals surface area contributed by atoms with Gasteiger partial charge in [0.05, 0.1) is 17.1 Å². The van der Waals surface area contributed by atoms with Crippen LogP contribution >= 0.6 is 0 Å². The fourth-order valence-electron chi connectivity index (χ4n) is 1.50. The summed E-state index contributed by atoms with van der Waals surface area (Å²) in [5.74, 6) is 0.833. The minimum Gasteiger partial charge on any atom is -0.367 e. The topological polar surface area (TPSA) is 12.5 Å². The van der Waals surface area contributed by atoms with Crippen molar-refractivity contribution in [1.29, 1.82) is 0 Å². The molecular weight excluding hydrogens is 262 g/mol. The molecule has 0 aliphatic rings. The van der Waals surface area contributed by atoms with Crippen molar-refractivity contribution in [3.8, 4) is 0 Å². The molecule has 20 heavy (non-hydrogen) atoms. The van der Waals surface area contributed by atoms with Crippen molar-refractivity contribution >= 4 is 10.4 Å². The van der Waals surface area contributed by atoms with Crippen molar-refractivity contribution in [2.45, 2.75) is 47.0 Å². The number of nitrogens with zero attached hydrogens (tertiary/aromatic N) is 1. The molecule has 0 aliphatic carbocycles. The van der Waals surface area contributed by atoms with Gasteiger partial charge in [0.1, 0.15) is 0 Å². The summed E-state index contributed by atoms with van der Waals surface area (Å²) >= 11 is 0. The highest BCUT2D eigenvalue weighted by Crippen LogP contribution is 2.00. The molecule has 0 atom stereocenters. The van der Waals surface area contributed by atoms with E-state index in [0.29, 0.717) is 0 Å². The molecule has 0 radical (unpaired) electrons. The molecule has 0 fully saturated rings. The van der Waals surface area contributed by atoms with E-state index < -0.39 is 0 Å². The predicted octanol–water partition coefficient (Wildman–Crippen LogP) is 3.25. The number of ether oxygens (including phenoxy) is 1. The maximum absolute atomic E-state index is 5.58. The van der Waals surface area contributed by atoms with Crippen LogP contribution in [-0.2, 0) is 11.2 Å². The van der Waals surface area contributed by atoms with E-state index in [1.807, 2.05) is 0 Å². The van der Waals surface area contributed by atoms with E-state index in [1.54, 1.807) is 0 Å². The van der Waals surface area contributed by atoms with E-state index in [1.165, 1.54) is 18.4 Å². The van der Waals surface area contributed by atoms with Crippen molar-refractivity contribution in [2.24, 2.45) is 5.92 Å². The van der Waals surface area contributed by atoms with Gasteiger partial charge in [-0.05, 0) is 30.9 Å². The number of hydrogen-bond acceptors (Lipinski definition) is 2. The summed E-state index contributed by atoms with van der Waals surface area (Å²) < 4.78 is 7.95. The van der Waals surface area contributed by atoms with Gasteiger partial charge in [0.2, 0.25) is 0 Å². The molecular formula is C17H33NOSi. The first kappa shape index (κ1) is 19.4. The third-order valence-corrected chi connectivity index (χ3v) is 3.28. The summed E-state index contributed by atoms with van der Waals surface area (Å²) in [4.78, 5) is 0. The third-order valence-electron chi connectivity index (χ3n) is 2.58. The Labute approximate surface area is 129 Å². The summed E-state index contributed by atoms with van der Waals surface area (Å²) in [6.07, 6.45) is 3.51. The predicted molar refractivity (Wildman–Crippen MR) is 93.0 cm³/mol. The zero-order chi connectivity index (χ0) is 15.2. The maximum atomic E-state index is 5.58. The SMILES string of the molecule is CC(C)C.CCCCOCN([SiH3])CCc1ccccc1. The highest BCUT2D eigenvalue weighted by atomic mass is 28.2. The average molecular weight is 296 g/mol. The molecule has 0 heterocycles. The van der Waals surface area contributed by atoms with Crippen LogP contribution in [0.3, 0.4) is 0 Å². The zero-order valence-electron chi connectivity index (χ0n) is 14.1. The maximum Gasteiger partial charge on any atom is 0.0924 e. The third kappa shape index (κ3) is 13.8. The van der Waals surface area contributed by atoms with Gasteiger partial charge < -0.3 is 9.30 Å². The molecule has 0 saturated heterocycles. The Bertz CT molecular complexity index is 300. The molecule has 0 aliphatic heterocycles. The fraction of sp³-hybridized carbons (Fsp3) is 0.647. The largest absolute Gasteiger partial charge is 0.367 e. The van der Waals surface area contributed by atoms with Crippen LogP contribution in [0.2, 0.25) is 0 Å². The second-order valence-corrected chi connectivity index (χ2v) is 7.20. The summed E-state index contributed by atoms with van der Waals surface area (Å²) in [7, 11) is 1.08. The Kier molecular flexibility index (Phi) is 12.9. The van der Waals surface area contributed by atoms with E-state index in [4.69, 9.17) is 4.74 Å². The minimum atomic E-state index is 0.805. The first-order valence-electron chi connectivity index (χ1n) is 7.86. The molecule has 0 N–H and O–H groups in total. The van der Waals surface area contributed by atoms with Gasteiger partial charge in [0, 0.05) is 6.61 Å². The normalized spacial score (nSPS) is 10.7. The quantitative estimate of drug-likeness (QED) is 0.415. The molecule has 0 unspecified atom stereocenters. The van der Waals surface area contributed by atoms with Gasteiger partial charge in [-0.3, -0.25) is 0 Å². The van der Waals surface area contributed by atoms with Gasteiger partial charge in [0.25, 0.3) is 0 Å². The van der Waals surface area contributed by atoms with Crippen molar-refractivity contribution in [3.63, 3.8) is 0 Å². The number of unbranched alkanes of at least 4 members (excludes halogenated alkanes) is 1. The van der Waals surface area contributed by atoms with Crippen LogP contribution < -0.4 is 0 Å². The van der Waals surface area contributed by atoms with Crippen molar-refractivity contribution in [1.82, 2.24) is 4.57 Å². The lowest BCUT2D eigenvalue weighted by Gasteiger charge is -2.16. The van der Waals surface area contributed by atoms with Crippen LogP contribution in [0.25, 0.3) is 0 Å². The second-order valence-electron chi connectivity index (χ2n) is 5.94.